The van der Waals surface area contributed by atoms with Crippen LogP contribution in [0.5, 0.6) is 11.5 Å². The summed E-state index contributed by atoms with van der Waals surface area (Å²) in [7, 11) is 1.53. The van der Waals surface area contributed by atoms with Crippen LogP contribution >= 0.6 is 11.6 Å². The first-order valence-corrected chi connectivity index (χ1v) is 12.5. The van der Waals surface area contributed by atoms with Gasteiger partial charge in [-0.25, -0.2) is 4.90 Å². The molecule has 0 bridgehead atoms. The Morgan fingerprint density at radius 2 is 1.71 bits per heavy atom. The molecule has 0 fully saturated rings. The molecule has 38 heavy (non-hydrogen) atoms. The Morgan fingerprint density at radius 1 is 0.974 bits per heavy atom. The fraction of sp³-hybridized carbons (Fsp3) is 0.207. The van der Waals surface area contributed by atoms with E-state index in [-0.39, 0.29) is 16.6 Å². The van der Waals surface area contributed by atoms with Gasteiger partial charge in [0.15, 0.2) is 0 Å². The number of carbonyl (C=O) groups is 3. The van der Waals surface area contributed by atoms with Crippen LogP contribution in [0.15, 0.2) is 77.5 Å². The highest BCUT2D eigenvalue weighted by Gasteiger charge is 2.39. The maximum absolute atomic E-state index is 13.2. The van der Waals surface area contributed by atoms with Crippen molar-refractivity contribution in [2.24, 2.45) is 0 Å². The van der Waals surface area contributed by atoms with Crippen molar-refractivity contribution in [2.75, 3.05) is 29.3 Å². The Hall–Kier alpha value is -4.30. The van der Waals surface area contributed by atoms with Crippen LogP contribution in [0.2, 0.25) is 0 Å². The molecule has 0 aliphatic carbocycles. The molecule has 0 spiro atoms. The molecule has 0 radical (unpaired) electrons. The summed E-state index contributed by atoms with van der Waals surface area (Å²) < 4.78 is 10.9. The fourth-order valence-electron chi connectivity index (χ4n) is 3.83. The molecule has 8 nitrogen and oxygen atoms in total. The molecule has 2 N–H and O–H groups in total. The number of carbonyl (C=O) groups excluding carboxylic acids is 3. The molecule has 3 aromatic carbocycles. The average molecular weight is 534 g/mol. The third-order valence-electron chi connectivity index (χ3n) is 6.01. The highest BCUT2D eigenvalue weighted by molar-refractivity contribution is 6.53. The van der Waals surface area contributed by atoms with Crippen molar-refractivity contribution in [1.82, 2.24) is 0 Å². The highest BCUT2D eigenvalue weighted by atomic mass is 35.5. The Balaban J connectivity index is 1.53. The van der Waals surface area contributed by atoms with Gasteiger partial charge < -0.3 is 20.1 Å². The molecule has 0 unspecified atom stereocenters. The van der Waals surface area contributed by atoms with E-state index in [2.05, 4.69) is 17.6 Å². The molecule has 0 saturated carbocycles. The first-order valence-electron chi connectivity index (χ1n) is 12.2. The fourth-order valence-corrected chi connectivity index (χ4v) is 4.04. The van der Waals surface area contributed by atoms with Crippen molar-refractivity contribution >= 4 is 46.4 Å². The van der Waals surface area contributed by atoms with Crippen LogP contribution in [-0.2, 0) is 9.59 Å². The van der Waals surface area contributed by atoms with Crippen LogP contribution in [0.3, 0.4) is 0 Å². The second kappa shape index (κ2) is 11.8. The summed E-state index contributed by atoms with van der Waals surface area (Å²) in [5.74, 6) is -0.419. The Labute approximate surface area is 226 Å². The van der Waals surface area contributed by atoms with Crippen LogP contribution < -0.4 is 25.0 Å². The molecule has 9 heteroatoms. The number of imide groups is 1. The number of halogens is 1. The molecule has 196 valence electrons. The lowest BCUT2D eigenvalue weighted by atomic mass is 10.1. The SMILES string of the molecule is CCCCOc1ccccc1NC(=O)c1ccc(C)c(NC2=C(Cl)C(=O)N(c3ccc(OC)cc3)C2=O)c1. The summed E-state index contributed by atoms with van der Waals surface area (Å²) in [4.78, 5) is 40.1. The number of unbranched alkanes of at least 4 members (excludes halogenated alkanes) is 1. The minimum Gasteiger partial charge on any atom is -0.497 e. The van der Waals surface area contributed by atoms with Gasteiger partial charge in [-0.15, -0.1) is 0 Å². The van der Waals surface area contributed by atoms with Gasteiger partial charge in [-0.1, -0.05) is 43.1 Å². The zero-order valence-electron chi connectivity index (χ0n) is 21.3. The molecule has 1 aliphatic rings. The lowest BCUT2D eigenvalue weighted by Crippen LogP contribution is -2.32. The van der Waals surface area contributed by atoms with E-state index in [1.807, 2.05) is 19.1 Å². The standard InChI is InChI=1S/C29H28ClN3O5/c1-4-5-16-38-24-9-7-6-8-22(24)32-27(34)19-11-10-18(2)23(17-19)31-26-25(30)28(35)33(29(26)36)20-12-14-21(37-3)15-13-20/h6-15,17,31H,4-5,16H2,1-3H3,(H,32,34). The van der Waals surface area contributed by atoms with Gasteiger partial charge in [0, 0.05) is 11.3 Å². The van der Waals surface area contributed by atoms with Gasteiger partial charge in [-0.05, 0) is 67.4 Å². The zero-order valence-corrected chi connectivity index (χ0v) is 22.1. The number of benzene rings is 3. The number of aryl methyl sites for hydroxylation is 1. The van der Waals surface area contributed by atoms with E-state index >= 15 is 0 Å². The molecule has 4 rings (SSSR count). The second-order valence-corrected chi connectivity index (χ2v) is 9.02. The molecule has 3 amide bonds. The summed E-state index contributed by atoms with van der Waals surface area (Å²) in [5.41, 5.74) is 2.42. The quantitative estimate of drug-likeness (QED) is 0.250. The molecule has 0 atom stereocenters. The lowest BCUT2D eigenvalue weighted by molar-refractivity contribution is -0.120. The van der Waals surface area contributed by atoms with E-state index in [0.29, 0.717) is 40.7 Å². The van der Waals surface area contributed by atoms with Gasteiger partial charge in [0.25, 0.3) is 17.7 Å². The van der Waals surface area contributed by atoms with E-state index in [0.717, 1.165) is 23.3 Å². The normalized spacial score (nSPS) is 13.1. The van der Waals surface area contributed by atoms with Crippen molar-refractivity contribution in [3.8, 4) is 11.5 Å². The van der Waals surface area contributed by atoms with E-state index in [1.54, 1.807) is 54.6 Å². The number of ether oxygens (including phenoxy) is 2. The van der Waals surface area contributed by atoms with E-state index in [9.17, 15) is 14.4 Å². The number of anilines is 3. The number of methoxy groups -OCH3 is 1. The van der Waals surface area contributed by atoms with Gasteiger partial charge in [-0.2, -0.15) is 0 Å². The predicted molar refractivity (Wildman–Crippen MR) is 148 cm³/mol. The minimum atomic E-state index is -0.643. The Morgan fingerprint density at radius 3 is 2.42 bits per heavy atom. The zero-order chi connectivity index (χ0) is 27.2. The smallest absolute Gasteiger partial charge is 0.283 e. The minimum absolute atomic E-state index is 0.0668. The van der Waals surface area contributed by atoms with Crippen molar-refractivity contribution in [3.05, 3.63) is 88.6 Å². The maximum atomic E-state index is 13.2. The van der Waals surface area contributed by atoms with Gasteiger partial charge in [-0.3, -0.25) is 14.4 Å². The number of hydrogen-bond donors (Lipinski definition) is 2. The Kier molecular flexibility index (Phi) is 8.33. The molecule has 3 aromatic rings. The van der Waals surface area contributed by atoms with E-state index in [1.165, 1.54) is 7.11 Å². The van der Waals surface area contributed by atoms with Crippen molar-refractivity contribution in [2.45, 2.75) is 26.7 Å². The van der Waals surface area contributed by atoms with Gasteiger partial charge in [0.2, 0.25) is 0 Å². The number of nitrogens with one attached hydrogen (secondary N) is 2. The second-order valence-electron chi connectivity index (χ2n) is 8.64. The first-order chi connectivity index (χ1) is 18.3. The topological polar surface area (TPSA) is 97.0 Å². The van der Waals surface area contributed by atoms with Crippen molar-refractivity contribution in [3.63, 3.8) is 0 Å². The molecular weight excluding hydrogens is 506 g/mol. The molecule has 1 aliphatic heterocycles. The number of nitrogens with zero attached hydrogens (tertiary/aromatic N) is 1. The largest absolute Gasteiger partial charge is 0.497 e. The molecule has 0 aromatic heterocycles. The summed E-state index contributed by atoms with van der Waals surface area (Å²) in [5, 5.41) is 5.62. The lowest BCUT2D eigenvalue weighted by Gasteiger charge is -2.16. The van der Waals surface area contributed by atoms with Crippen LogP contribution in [0, 0.1) is 6.92 Å². The summed E-state index contributed by atoms with van der Waals surface area (Å²) >= 11 is 6.30. The van der Waals surface area contributed by atoms with Gasteiger partial charge in [0.05, 0.1) is 25.1 Å². The van der Waals surface area contributed by atoms with E-state index < -0.39 is 11.8 Å². The highest BCUT2D eigenvalue weighted by Crippen LogP contribution is 2.32. The maximum Gasteiger partial charge on any atom is 0.283 e. The summed E-state index contributed by atoms with van der Waals surface area (Å²) in [6.07, 6.45) is 1.91. The summed E-state index contributed by atoms with van der Waals surface area (Å²) in [6.45, 7) is 4.45. The van der Waals surface area contributed by atoms with Crippen LogP contribution in [0.4, 0.5) is 17.1 Å². The monoisotopic (exact) mass is 533 g/mol. The Bertz CT molecular complexity index is 1400. The summed E-state index contributed by atoms with van der Waals surface area (Å²) in [6, 6.07) is 18.8. The molecule has 0 saturated heterocycles. The predicted octanol–water partition coefficient (Wildman–Crippen LogP) is 5.87. The number of rotatable bonds is 10. The van der Waals surface area contributed by atoms with Crippen molar-refractivity contribution < 1.29 is 23.9 Å². The third kappa shape index (κ3) is 5.65. The van der Waals surface area contributed by atoms with Gasteiger partial charge in [0.1, 0.15) is 22.2 Å². The van der Waals surface area contributed by atoms with Crippen molar-refractivity contribution in [1.29, 1.82) is 0 Å². The number of para-hydroxylation sites is 2. The van der Waals surface area contributed by atoms with Crippen LogP contribution in [0.1, 0.15) is 35.7 Å². The first kappa shape index (κ1) is 26.8. The average Bonchev–Trinajstić information content (AvgIpc) is 3.13. The third-order valence-corrected chi connectivity index (χ3v) is 6.36. The number of hydrogen-bond acceptors (Lipinski definition) is 6. The van der Waals surface area contributed by atoms with Crippen LogP contribution in [-0.4, -0.2) is 31.4 Å². The molecule has 1 heterocycles. The van der Waals surface area contributed by atoms with Crippen LogP contribution in [0.25, 0.3) is 0 Å². The van der Waals surface area contributed by atoms with Gasteiger partial charge >= 0.3 is 0 Å². The molecular formula is C29H28ClN3O5. The number of amides is 3. The van der Waals surface area contributed by atoms with E-state index in [4.69, 9.17) is 21.1 Å².